The molecular weight excluding hydrogens is 250 g/mol. The normalized spacial score (nSPS) is 13.3. The maximum Gasteiger partial charge on any atom is 0.252 e. The molecular formula is C17H17NO2. The molecule has 1 N–H and O–H groups in total. The quantitative estimate of drug-likeness (QED) is 0.925. The highest BCUT2D eigenvalue weighted by molar-refractivity contribution is 5.99. The second-order valence-electron chi connectivity index (χ2n) is 4.87. The molecule has 2 rings (SSSR count). The highest BCUT2D eigenvalue weighted by Gasteiger charge is 2.33. The molecule has 3 heteroatoms. The van der Waals surface area contributed by atoms with E-state index in [9.17, 15) is 9.59 Å². The van der Waals surface area contributed by atoms with Crippen molar-refractivity contribution in [3.63, 3.8) is 0 Å². The third-order valence-corrected chi connectivity index (χ3v) is 3.45. The number of hydrogen-bond acceptors (Lipinski definition) is 2. The Hall–Kier alpha value is -2.42. The third kappa shape index (κ3) is 2.77. The predicted octanol–water partition coefficient (Wildman–Crippen LogP) is 2.92. The number of rotatable bonds is 4. The van der Waals surface area contributed by atoms with Crippen LogP contribution in [0.2, 0.25) is 0 Å². The van der Waals surface area contributed by atoms with E-state index in [1.165, 1.54) is 6.92 Å². The minimum Gasteiger partial charge on any atom is -0.336 e. The van der Waals surface area contributed by atoms with E-state index in [-0.39, 0.29) is 11.7 Å². The van der Waals surface area contributed by atoms with Gasteiger partial charge in [-0.3, -0.25) is 9.59 Å². The van der Waals surface area contributed by atoms with Crippen LogP contribution in [-0.2, 0) is 10.3 Å². The number of carbonyl (C=O) groups is 2. The van der Waals surface area contributed by atoms with Gasteiger partial charge in [-0.25, -0.2) is 0 Å². The molecule has 1 atom stereocenters. The van der Waals surface area contributed by atoms with Crippen molar-refractivity contribution < 1.29 is 9.59 Å². The molecule has 2 aromatic rings. The van der Waals surface area contributed by atoms with E-state index in [0.29, 0.717) is 5.56 Å². The molecule has 3 nitrogen and oxygen atoms in total. The lowest BCUT2D eigenvalue weighted by atomic mass is 9.88. The van der Waals surface area contributed by atoms with Gasteiger partial charge in [0.2, 0.25) is 0 Å². The first kappa shape index (κ1) is 14.0. The van der Waals surface area contributed by atoms with E-state index in [2.05, 4.69) is 5.32 Å². The molecule has 0 bridgehead atoms. The summed E-state index contributed by atoms with van der Waals surface area (Å²) in [5, 5.41) is 2.84. The van der Waals surface area contributed by atoms with Crippen LogP contribution in [0, 0.1) is 0 Å². The van der Waals surface area contributed by atoms with Crippen molar-refractivity contribution in [1.82, 2.24) is 5.32 Å². The first-order valence-corrected chi connectivity index (χ1v) is 6.48. The fraction of sp³-hybridized carbons (Fsp3) is 0.176. The lowest BCUT2D eigenvalue weighted by Crippen LogP contribution is -2.48. The van der Waals surface area contributed by atoms with E-state index in [1.54, 1.807) is 31.2 Å². The summed E-state index contributed by atoms with van der Waals surface area (Å²) >= 11 is 0. The number of hydrogen-bond donors (Lipinski definition) is 1. The topological polar surface area (TPSA) is 46.2 Å². The highest BCUT2D eigenvalue weighted by Crippen LogP contribution is 2.22. The zero-order chi connectivity index (χ0) is 14.6. The van der Waals surface area contributed by atoms with E-state index >= 15 is 0 Å². The van der Waals surface area contributed by atoms with Crippen LogP contribution in [0.3, 0.4) is 0 Å². The summed E-state index contributed by atoms with van der Waals surface area (Å²) in [7, 11) is 0. The number of nitrogens with one attached hydrogen (secondary N) is 1. The van der Waals surface area contributed by atoms with Gasteiger partial charge in [0.25, 0.3) is 5.91 Å². The minimum absolute atomic E-state index is 0.104. The number of carbonyl (C=O) groups excluding carboxylic acids is 2. The Morgan fingerprint density at radius 1 is 0.900 bits per heavy atom. The van der Waals surface area contributed by atoms with Gasteiger partial charge in [-0.05, 0) is 31.5 Å². The highest BCUT2D eigenvalue weighted by atomic mass is 16.2. The Morgan fingerprint density at radius 2 is 1.40 bits per heavy atom. The van der Waals surface area contributed by atoms with Crippen LogP contribution >= 0.6 is 0 Å². The van der Waals surface area contributed by atoms with Crippen LogP contribution in [0.5, 0.6) is 0 Å². The van der Waals surface area contributed by atoms with Gasteiger partial charge in [0.1, 0.15) is 5.54 Å². The van der Waals surface area contributed by atoms with Crippen LogP contribution in [-0.4, -0.2) is 11.7 Å². The van der Waals surface area contributed by atoms with Crippen LogP contribution in [0.4, 0.5) is 0 Å². The summed E-state index contributed by atoms with van der Waals surface area (Å²) in [4.78, 5) is 24.3. The van der Waals surface area contributed by atoms with Crippen molar-refractivity contribution in [3.05, 3.63) is 71.8 Å². The SMILES string of the molecule is CC(=O)[C@@](C)(NC(=O)c1ccccc1)c1ccccc1. The molecule has 0 aliphatic carbocycles. The van der Waals surface area contributed by atoms with Crippen molar-refractivity contribution >= 4 is 11.7 Å². The number of amides is 1. The van der Waals surface area contributed by atoms with Crippen molar-refractivity contribution in [1.29, 1.82) is 0 Å². The van der Waals surface area contributed by atoms with Crippen molar-refractivity contribution in [2.45, 2.75) is 19.4 Å². The molecule has 0 saturated carbocycles. The Bertz CT molecular complexity index is 607. The van der Waals surface area contributed by atoms with E-state index in [0.717, 1.165) is 5.56 Å². The fourth-order valence-corrected chi connectivity index (χ4v) is 2.02. The van der Waals surface area contributed by atoms with E-state index in [1.807, 2.05) is 36.4 Å². The molecule has 0 unspecified atom stereocenters. The summed E-state index contributed by atoms with van der Waals surface area (Å²) in [6.45, 7) is 3.21. The largest absolute Gasteiger partial charge is 0.336 e. The van der Waals surface area contributed by atoms with Gasteiger partial charge in [-0.15, -0.1) is 0 Å². The minimum atomic E-state index is -1.02. The van der Waals surface area contributed by atoms with Crippen molar-refractivity contribution in [2.24, 2.45) is 0 Å². The van der Waals surface area contributed by atoms with Gasteiger partial charge >= 0.3 is 0 Å². The lowest BCUT2D eigenvalue weighted by molar-refractivity contribution is -0.122. The molecule has 0 radical (unpaired) electrons. The second kappa shape index (κ2) is 5.70. The number of benzene rings is 2. The summed E-state index contributed by atoms with van der Waals surface area (Å²) in [5.41, 5.74) is 0.293. The van der Waals surface area contributed by atoms with E-state index < -0.39 is 5.54 Å². The Labute approximate surface area is 118 Å². The summed E-state index contributed by atoms with van der Waals surface area (Å²) in [6.07, 6.45) is 0. The van der Waals surface area contributed by atoms with Gasteiger partial charge < -0.3 is 5.32 Å². The molecule has 0 aliphatic heterocycles. The smallest absolute Gasteiger partial charge is 0.252 e. The standard InChI is InChI=1S/C17H17NO2/c1-13(19)17(2,15-11-7-4-8-12-15)18-16(20)14-9-5-3-6-10-14/h3-12H,1-2H3,(H,18,20)/t17-/m1/s1. The molecule has 1 amide bonds. The maximum atomic E-state index is 12.3. The average molecular weight is 267 g/mol. The third-order valence-electron chi connectivity index (χ3n) is 3.45. The Morgan fingerprint density at radius 3 is 1.90 bits per heavy atom. The predicted molar refractivity (Wildman–Crippen MR) is 78.4 cm³/mol. The summed E-state index contributed by atoms with van der Waals surface area (Å²) in [6, 6.07) is 18.1. The van der Waals surface area contributed by atoms with Crippen molar-refractivity contribution in [3.8, 4) is 0 Å². The number of ketones is 1. The monoisotopic (exact) mass is 267 g/mol. The molecule has 0 heterocycles. The molecule has 0 aliphatic rings. The molecule has 0 saturated heterocycles. The molecule has 0 fully saturated rings. The molecule has 2 aromatic carbocycles. The molecule has 102 valence electrons. The zero-order valence-corrected chi connectivity index (χ0v) is 11.6. The van der Waals surface area contributed by atoms with Crippen LogP contribution in [0.1, 0.15) is 29.8 Å². The van der Waals surface area contributed by atoms with E-state index in [4.69, 9.17) is 0 Å². The average Bonchev–Trinajstić information content (AvgIpc) is 2.48. The van der Waals surface area contributed by atoms with Gasteiger partial charge in [0.15, 0.2) is 5.78 Å². The van der Waals surface area contributed by atoms with Crippen LogP contribution in [0.15, 0.2) is 60.7 Å². The first-order valence-electron chi connectivity index (χ1n) is 6.48. The molecule has 0 spiro atoms. The summed E-state index contributed by atoms with van der Waals surface area (Å²) in [5.74, 6) is -0.361. The Kier molecular flexibility index (Phi) is 3.99. The molecule has 20 heavy (non-hydrogen) atoms. The Balaban J connectivity index is 2.32. The maximum absolute atomic E-state index is 12.3. The zero-order valence-electron chi connectivity index (χ0n) is 11.6. The lowest BCUT2D eigenvalue weighted by Gasteiger charge is -2.28. The van der Waals surface area contributed by atoms with Gasteiger partial charge in [0, 0.05) is 5.56 Å². The van der Waals surface area contributed by atoms with Gasteiger partial charge in [-0.2, -0.15) is 0 Å². The summed E-state index contributed by atoms with van der Waals surface area (Å²) < 4.78 is 0. The van der Waals surface area contributed by atoms with Gasteiger partial charge in [-0.1, -0.05) is 48.5 Å². The van der Waals surface area contributed by atoms with Gasteiger partial charge in [0.05, 0.1) is 0 Å². The van der Waals surface area contributed by atoms with Crippen molar-refractivity contribution in [2.75, 3.05) is 0 Å². The second-order valence-corrected chi connectivity index (χ2v) is 4.87. The molecule has 0 aromatic heterocycles. The van der Waals surface area contributed by atoms with Crippen LogP contribution in [0.25, 0.3) is 0 Å². The fourth-order valence-electron chi connectivity index (χ4n) is 2.02. The first-order chi connectivity index (χ1) is 9.54. The van der Waals surface area contributed by atoms with Crippen LogP contribution < -0.4 is 5.32 Å². The number of Topliss-reactive ketones (excluding diaryl/α,β-unsaturated/α-hetero) is 1.